The van der Waals surface area contributed by atoms with E-state index in [1.54, 1.807) is 14.1 Å². The lowest BCUT2D eigenvalue weighted by molar-refractivity contribution is -0.117. The van der Waals surface area contributed by atoms with E-state index in [-0.39, 0.29) is 17.4 Å². The van der Waals surface area contributed by atoms with Crippen LogP contribution in [0.5, 0.6) is 0 Å². The molecule has 28 heavy (non-hydrogen) atoms. The second-order valence-corrected chi connectivity index (χ2v) is 10.4. The monoisotopic (exact) mass is 750 g/mol. The lowest BCUT2D eigenvalue weighted by atomic mass is 10.1. The third-order valence-electron chi connectivity index (χ3n) is 3.66. The summed E-state index contributed by atoms with van der Waals surface area (Å²) < 4.78 is 36.9. The number of anilines is 2. The zero-order chi connectivity index (χ0) is 22.0. The van der Waals surface area contributed by atoms with Crippen molar-refractivity contribution in [1.82, 2.24) is 0 Å². The molecule has 0 heterocycles. The molecular weight excluding hydrogens is 733 g/mol. The first-order valence-electron chi connectivity index (χ1n) is 7.52. The predicted molar refractivity (Wildman–Crippen MR) is 129 cm³/mol. The van der Waals surface area contributed by atoms with Crippen molar-refractivity contribution in [2.75, 3.05) is 36.3 Å². The molecule has 1 aromatic carbocycles. The largest absolute Gasteiger partial charge is 0.461 e. The molecule has 1 aromatic rings. The highest BCUT2D eigenvalue weighted by atomic mass is 127. The van der Waals surface area contributed by atoms with Gasteiger partial charge >= 0.3 is 5.97 Å². The second-order valence-electron chi connectivity index (χ2n) is 5.59. The summed E-state index contributed by atoms with van der Waals surface area (Å²) in [6.45, 7) is 2.19. The lowest BCUT2D eigenvalue weighted by Crippen LogP contribution is -2.30. The second kappa shape index (κ2) is 10.2. The summed E-state index contributed by atoms with van der Waals surface area (Å²) >= 11 is 5.82. The fourth-order valence-electron chi connectivity index (χ4n) is 2.03. The Kier molecular flexibility index (Phi) is 9.35. The molecule has 156 valence electrons. The van der Waals surface area contributed by atoms with Crippen LogP contribution in [-0.4, -0.2) is 57.2 Å². The van der Waals surface area contributed by atoms with Crippen molar-refractivity contribution in [2.45, 2.75) is 13.8 Å². The van der Waals surface area contributed by atoms with E-state index in [9.17, 15) is 22.8 Å². The first kappa shape index (κ1) is 25.8. The maximum Gasteiger partial charge on any atom is 0.340 e. The molecule has 0 spiro atoms. The van der Waals surface area contributed by atoms with E-state index in [0.29, 0.717) is 22.1 Å². The maximum atomic E-state index is 12.7. The Morgan fingerprint density at radius 3 is 1.64 bits per heavy atom. The molecule has 0 saturated heterocycles. The van der Waals surface area contributed by atoms with Gasteiger partial charge in [-0.25, -0.2) is 4.79 Å². The van der Waals surface area contributed by atoms with Crippen LogP contribution in [0.3, 0.4) is 0 Å². The standard InChI is InChI=1S/C15H17I3N2O7S/c1-7(21)19(3)13-10(16)9(15(23)27-5-6-28(24,25)26)11(17)14(12(13)18)20(4)8(2)22/h5-6H2,1-4H3,(H,24,25,26). The minimum atomic E-state index is -4.28. The summed E-state index contributed by atoms with van der Waals surface area (Å²) in [6.07, 6.45) is 0. The molecule has 0 aliphatic carbocycles. The van der Waals surface area contributed by atoms with E-state index in [1.165, 1.54) is 23.6 Å². The van der Waals surface area contributed by atoms with Crippen LogP contribution < -0.4 is 9.80 Å². The minimum absolute atomic E-state index is 0.100. The van der Waals surface area contributed by atoms with E-state index in [0.717, 1.165) is 0 Å². The number of hydrogen-bond donors (Lipinski definition) is 1. The highest BCUT2D eigenvalue weighted by Crippen LogP contribution is 2.42. The number of carbonyl (C=O) groups is 3. The number of ether oxygens (including phenoxy) is 1. The first-order chi connectivity index (χ1) is 12.7. The molecule has 0 aliphatic heterocycles. The number of hydrogen-bond acceptors (Lipinski definition) is 6. The van der Waals surface area contributed by atoms with Crippen molar-refractivity contribution in [3.63, 3.8) is 0 Å². The van der Waals surface area contributed by atoms with Gasteiger partial charge in [-0.2, -0.15) is 8.42 Å². The average Bonchev–Trinajstić information content (AvgIpc) is 2.52. The van der Waals surface area contributed by atoms with Crippen molar-refractivity contribution in [3.8, 4) is 0 Å². The average molecular weight is 750 g/mol. The van der Waals surface area contributed by atoms with Gasteiger partial charge in [0, 0.05) is 27.9 Å². The van der Waals surface area contributed by atoms with Gasteiger partial charge in [0.15, 0.2) is 0 Å². The smallest absolute Gasteiger partial charge is 0.340 e. The molecule has 1 N–H and O–H groups in total. The number of nitrogens with zero attached hydrogens (tertiary/aromatic N) is 2. The molecule has 13 heteroatoms. The van der Waals surface area contributed by atoms with Crippen LogP contribution in [-0.2, 0) is 24.4 Å². The van der Waals surface area contributed by atoms with E-state index in [1.807, 2.05) is 67.8 Å². The fourth-order valence-corrected chi connectivity index (χ4v) is 7.38. The topological polar surface area (TPSA) is 121 Å². The van der Waals surface area contributed by atoms with Crippen LogP contribution in [0, 0.1) is 10.7 Å². The van der Waals surface area contributed by atoms with Crippen molar-refractivity contribution >= 4 is 107 Å². The Morgan fingerprint density at radius 2 is 1.32 bits per heavy atom. The van der Waals surface area contributed by atoms with Gasteiger partial charge in [-0.3, -0.25) is 14.1 Å². The van der Waals surface area contributed by atoms with E-state index < -0.39 is 28.4 Å². The zero-order valence-corrected chi connectivity index (χ0v) is 22.5. The molecule has 0 aliphatic rings. The van der Waals surface area contributed by atoms with Crippen LogP contribution >= 0.6 is 67.8 Å². The summed E-state index contributed by atoms with van der Waals surface area (Å²) in [6, 6.07) is 0. The Hall–Kier alpha value is -0.270. The maximum absolute atomic E-state index is 12.7. The normalized spacial score (nSPS) is 11.1. The van der Waals surface area contributed by atoms with Crippen molar-refractivity contribution in [3.05, 3.63) is 16.3 Å². The van der Waals surface area contributed by atoms with E-state index >= 15 is 0 Å². The van der Waals surface area contributed by atoms with Crippen molar-refractivity contribution < 1.29 is 32.1 Å². The molecule has 0 aromatic heterocycles. The van der Waals surface area contributed by atoms with Crippen LogP contribution in [0.2, 0.25) is 0 Å². The highest BCUT2D eigenvalue weighted by Gasteiger charge is 2.30. The Morgan fingerprint density at radius 1 is 0.929 bits per heavy atom. The number of carbonyl (C=O) groups excluding carboxylic acids is 3. The van der Waals surface area contributed by atoms with Gasteiger partial charge in [-0.05, 0) is 67.8 Å². The molecule has 0 radical (unpaired) electrons. The molecule has 0 unspecified atom stereocenters. The Labute approximate surface area is 203 Å². The van der Waals surface area contributed by atoms with Crippen molar-refractivity contribution in [1.29, 1.82) is 0 Å². The number of esters is 1. The van der Waals surface area contributed by atoms with Crippen LogP contribution in [0.15, 0.2) is 0 Å². The van der Waals surface area contributed by atoms with Gasteiger partial charge in [-0.15, -0.1) is 0 Å². The molecule has 0 saturated carbocycles. The van der Waals surface area contributed by atoms with Gasteiger partial charge in [0.25, 0.3) is 10.1 Å². The third kappa shape index (κ3) is 6.11. The summed E-state index contributed by atoms with van der Waals surface area (Å²) in [7, 11) is -1.20. The molecule has 0 bridgehead atoms. The van der Waals surface area contributed by atoms with Gasteiger partial charge in [-0.1, -0.05) is 0 Å². The molecule has 0 atom stereocenters. The van der Waals surface area contributed by atoms with Crippen LogP contribution in [0.1, 0.15) is 24.2 Å². The fraction of sp³-hybridized carbons (Fsp3) is 0.400. The number of benzene rings is 1. The highest BCUT2D eigenvalue weighted by molar-refractivity contribution is 14.1. The van der Waals surface area contributed by atoms with Crippen LogP contribution in [0.25, 0.3) is 0 Å². The number of amides is 2. The van der Waals surface area contributed by atoms with Gasteiger partial charge in [0.2, 0.25) is 11.8 Å². The van der Waals surface area contributed by atoms with Crippen molar-refractivity contribution in [2.24, 2.45) is 0 Å². The zero-order valence-electron chi connectivity index (χ0n) is 15.2. The Bertz CT molecular complexity index is 887. The molecule has 9 nitrogen and oxygen atoms in total. The lowest BCUT2D eigenvalue weighted by Gasteiger charge is -2.27. The summed E-state index contributed by atoms with van der Waals surface area (Å²) in [4.78, 5) is 39.2. The molecule has 2 amide bonds. The van der Waals surface area contributed by atoms with E-state index in [2.05, 4.69) is 0 Å². The molecular formula is C15H17I3N2O7S. The Balaban J connectivity index is 3.64. The number of rotatable bonds is 6. The molecule has 1 rings (SSSR count). The minimum Gasteiger partial charge on any atom is -0.461 e. The summed E-state index contributed by atoms with van der Waals surface area (Å²) in [5.41, 5.74) is 0.959. The predicted octanol–water partition coefficient (Wildman–Crippen LogP) is 2.51. The van der Waals surface area contributed by atoms with Crippen LogP contribution in [0.4, 0.5) is 11.4 Å². The van der Waals surface area contributed by atoms with Gasteiger partial charge in [0.1, 0.15) is 12.4 Å². The van der Waals surface area contributed by atoms with Gasteiger partial charge < -0.3 is 14.5 Å². The summed E-state index contributed by atoms with van der Waals surface area (Å²) in [5.74, 6) is -2.12. The first-order valence-corrected chi connectivity index (χ1v) is 12.4. The quantitative estimate of drug-likeness (QED) is 0.270. The van der Waals surface area contributed by atoms with Gasteiger partial charge in [0.05, 0.1) is 27.6 Å². The number of halogens is 3. The summed E-state index contributed by atoms with van der Waals surface area (Å²) in [5, 5.41) is 0. The SMILES string of the molecule is CC(=O)N(C)c1c(I)c(C(=O)OCCS(=O)(=O)O)c(I)c(N(C)C(C)=O)c1I. The van der Waals surface area contributed by atoms with E-state index in [4.69, 9.17) is 9.29 Å². The molecule has 0 fully saturated rings. The third-order valence-corrected chi connectivity index (χ3v) is 7.47.